The van der Waals surface area contributed by atoms with Gasteiger partial charge >= 0.3 is 0 Å². The third-order valence-corrected chi connectivity index (χ3v) is 3.91. The highest BCUT2D eigenvalue weighted by molar-refractivity contribution is 6.00. The van der Waals surface area contributed by atoms with Crippen LogP contribution in [-0.2, 0) is 0 Å². The van der Waals surface area contributed by atoms with Crippen LogP contribution in [0.1, 0.15) is 42.5 Å². The van der Waals surface area contributed by atoms with Crippen molar-refractivity contribution in [3.05, 3.63) is 23.8 Å². The Bertz CT molecular complexity index is 479. The Morgan fingerprint density at radius 3 is 2.80 bits per heavy atom. The van der Waals surface area contributed by atoms with E-state index in [2.05, 4.69) is 5.32 Å². The van der Waals surface area contributed by atoms with Crippen LogP contribution in [0.4, 0.5) is 0 Å². The molecule has 2 aliphatic rings. The van der Waals surface area contributed by atoms with E-state index < -0.39 is 0 Å². The maximum atomic E-state index is 12.6. The minimum Gasteiger partial charge on any atom is -0.490 e. The molecule has 1 aromatic carbocycles. The molecule has 0 aromatic heterocycles. The number of benzene rings is 1. The summed E-state index contributed by atoms with van der Waals surface area (Å²) in [6.07, 6.45) is 5.28. The highest BCUT2D eigenvalue weighted by atomic mass is 16.5. The lowest BCUT2D eigenvalue weighted by molar-refractivity contribution is 0.0940. The van der Waals surface area contributed by atoms with Gasteiger partial charge in [-0.05, 0) is 37.6 Å². The summed E-state index contributed by atoms with van der Waals surface area (Å²) in [5.41, 5.74) is 0.716. The van der Waals surface area contributed by atoms with Gasteiger partial charge in [-0.3, -0.25) is 4.79 Å². The molecule has 4 nitrogen and oxygen atoms in total. The van der Waals surface area contributed by atoms with Gasteiger partial charge in [0.15, 0.2) is 17.3 Å². The van der Waals surface area contributed by atoms with Crippen LogP contribution in [0.5, 0.6) is 11.5 Å². The Kier molecular flexibility index (Phi) is 4.21. The zero-order valence-electron chi connectivity index (χ0n) is 11.7. The van der Waals surface area contributed by atoms with Gasteiger partial charge in [0, 0.05) is 12.0 Å². The predicted molar refractivity (Wildman–Crippen MR) is 76.6 cm³/mol. The summed E-state index contributed by atoms with van der Waals surface area (Å²) in [4.78, 5) is 12.6. The number of carbonyl (C=O) groups excluding carboxylic acids is 1. The number of ether oxygens (including phenoxy) is 2. The second kappa shape index (κ2) is 6.27. The summed E-state index contributed by atoms with van der Waals surface area (Å²) in [6, 6.07) is 5.48. The molecule has 20 heavy (non-hydrogen) atoms. The van der Waals surface area contributed by atoms with Crippen molar-refractivity contribution in [2.24, 2.45) is 0 Å². The summed E-state index contributed by atoms with van der Waals surface area (Å²) < 4.78 is 11.3. The van der Waals surface area contributed by atoms with Crippen LogP contribution in [0.2, 0.25) is 0 Å². The van der Waals surface area contributed by atoms with Crippen molar-refractivity contribution < 1.29 is 14.3 Å². The van der Waals surface area contributed by atoms with E-state index in [0.29, 0.717) is 24.5 Å². The molecule has 0 aliphatic carbocycles. The maximum absolute atomic E-state index is 12.6. The van der Waals surface area contributed by atoms with Crippen LogP contribution >= 0.6 is 0 Å². The number of hydrogen-bond acceptors (Lipinski definition) is 4. The van der Waals surface area contributed by atoms with Crippen molar-refractivity contribution in [1.29, 1.82) is 0 Å². The van der Waals surface area contributed by atoms with E-state index in [9.17, 15) is 4.79 Å². The van der Waals surface area contributed by atoms with Gasteiger partial charge in [-0.2, -0.15) is 0 Å². The highest BCUT2D eigenvalue weighted by Crippen LogP contribution is 2.31. The largest absolute Gasteiger partial charge is 0.490 e. The maximum Gasteiger partial charge on any atom is 0.179 e. The molecule has 1 aromatic rings. The number of ketones is 1. The van der Waals surface area contributed by atoms with Crippen LogP contribution in [-0.4, -0.2) is 31.6 Å². The van der Waals surface area contributed by atoms with E-state index in [-0.39, 0.29) is 11.8 Å². The number of fused-ring (bicyclic) bond motifs is 1. The molecule has 0 saturated carbocycles. The summed E-state index contributed by atoms with van der Waals surface area (Å²) in [5.74, 6) is 1.61. The fourth-order valence-electron chi connectivity index (χ4n) is 2.77. The lowest BCUT2D eigenvalue weighted by Crippen LogP contribution is -2.36. The van der Waals surface area contributed by atoms with Gasteiger partial charge < -0.3 is 14.8 Å². The van der Waals surface area contributed by atoms with Crippen molar-refractivity contribution in [2.45, 2.75) is 38.1 Å². The summed E-state index contributed by atoms with van der Waals surface area (Å²) in [7, 11) is 0. The van der Waals surface area contributed by atoms with Gasteiger partial charge in [0.1, 0.15) is 0 Å². The Morgan fingerprint density at radius 1 is 1.05 bits per heavy atom. The number of carbonyl (C=O) groups is 1. The Hall–Kier alpha value is -1.55. The molecule has 1 fully saturated rings. The number of Topliss-reactive ketones (excluding diaryl/α,β-unsaturated/α-hetero) is 1. The molecule has 0 spiro atoms. The van der Waals surface area contributed by atoms with Gasteiger partial charge in [0.05, 0.1) is 19.3 Å². The van der Waals surface area contributed by atoms with Crippen LogP contribution in [0.15, 0.2) is 18.2 Å². The smallest absolute Gasteiger partial charge is 0.179 e. The van der Waals surface area contributed by atoms with E-state index >= 15 is 0 Å². The Balaban J connectivity index is 1.79. The summed E-state index contributed by atoms with van der Waals surface area (Å²) in [5, 5.41) is 3.35. The first kappa shape index (κ1) is 13.4. The van der Waals surface area contributed by atoms with Gasteiger partial charge in [-0.25, -0.2) is 0 Å². The van der Waals surface area contributed by atoms with Gasteiger partial charge in [0.2, 0.25) is 0 Å². The topological polar surface area (TPSA) is 47.6 Å². The second-order valence-electron chi connectivity index (χ2n) is 5.43. The van der Waals surface area contributed by atoms with E-state index in [0.717, 1.165) is 38.0 Å². The molecule has 1 atom stereocenters. The zero-order valence-corrected chi connectivity index (χ0v) is 11.7. The molecule has 108 valence electrons. The summed E-state index contributed by atoms with van der Waals surface area (Å²) in [6.45, 7) is 2.25. The third-order valence-electron chi connectivity index (χ3n) is 3.91. The van der Waals surface area contributed by atoms with Crippen molar-refractivity contribution in [2.75, 3.05) is 19.8 Å². The zero-order chi connectivity index (χ0) is 13.8. The molecular weight excluding hydrogens is 254 g/mol. The molecule has 3 rings (SSSR count). The molecule has 0 radical (unpaired) electrons. The molecule has 2 aliphatic heterocycles. The van der Waals surface area contributed by atoms with E-state index in [1.807, 2.05) is 18.2 Å². The van der Waals surface area contributed by atoms with E-state index in [4.69, 9.17) is 9.47 Å². The number of nitrogens with one attached hydrogen (secondary N) is 1. The molecule has 1 unspecified atom stereocenters. The fraction of sp³-hybridized carbons (Fsp3) is 0.562. The van der Waals surface area contributed by atoms with Crippen LogP contribution in [0, 0.1) is 0 Å². The fourth-order valence-corrected chi connectivity index (χ4v) is 2.77. The quantitative estimate of drug-likeness (QED) is 0.843. The van der Waals surface area contributed by atoms with Gasteiger partial charge in [-0.15, -0.1) is 0 Å². The molecule has 1 saturated heterocycles. The minimum absolute atomic E-state index is 0.0535. The molecule has 0 bridgehead atoms. The third kappa shape index (κ3) is 2.96. The first-order valence-electron chi connectivity index (χ1n) is 7.52. The SMILES string of the molecule is O=C(c1ccc2c(c1)OCCCO2)C1CCCCCN1. The van der Waals surface area contributed by atoms with Crippen molar-refractivity contribution in [3.8, 4) is 11.5 Å². The van der Waals surface area contributed by atoms with Gasteiger partial charge in [0.25, 0.3) is 0 Å². The second-order valence-corrected chi connectivity index (χ2v) is 5.43. The normalized spacial score (nSPS) is 22.7. The lowest BCUT2D eigenvalue weighted by Gasteiger charge is -2.15. The van der Waals surface area contributed by atoms with Crippen molar-refractivity contribution in [3.63, 3.8) is 0 Å². The van der Waals surface area contributed by atoms with E-state index in [1.165, 1.54) is 6.42 Å². The minimum atomic E-state index is -0.0535. The monoisotopic (exact) mass is 275 g/mol. The molecule has 0 amide bonds. The molecular formula is C16H21NO3. The van der Waals surface area contributed by atoms with Crippen LogP contribution in [0.25, 0.3) is 0 Å². The molecule has 1 N–H and O–H groups in total. The molecule has 4 heteroatoms. The summed E-state index contributed by atoms with van der Waals surface area (Å²) >= 11 is 0. The van der Waals surface area contributed by atoms with Crippen LogP contribution < -0.4 is 14.8 Å². The standard InChI is InChI=1S/C16H21NO3/c18-16(13-5-2-1-3-8-17-13)12-6-7-14-15(11-12)20-10-4-9-19-14/h6-7,11,13,17H,1-5,8-10H2. The Labute approximate surface area is 119 Å². The first-order chi connectivity index (χ1) is 9.84. The lowest BCUT2D eigenvalue weighted by atomic mass is 10.00. The number of hydrogen-bond donors (Lipinski definition) is 1. The van der Waals surface area contributed by atoms with Crippen molar-refractivity contribution in [1.82, 2.24) is 5.32 Å². The average molecular weight is 275 g/mol. The van der Waals surface area contributed by atoms with Crippen LogP contribution in [0.3, 0.4) is 0 Å². The Morgan fingerprint density at radius 2 is 1.90 bits per heavy atom. The first-order valence-corrected chi connectivity index (χ1v) is 7.52. The molecule has 2 heterocycles. The average Bonchev–Trinajstić information content (AvgIpc) is 2.88. The van der Waals surface area contributed by atoms with Crippen molar-refractivity contribution >= 4 is 5.78 Å². The highest BCUT2D eigenvalue weighted by Gasteiger charge is 2.22. The van der Waals surface area contributed by atoms with E-state index in [1.54, 1.807) is 0 Å². The predicted octanol–water partition coefficient (Wildman–Crippen LogP) is 2.56. The number of rotatable bonds is 2. The van der Waals surface area contributed by atoms with Gasteiger partial charge in [-0.1, -0.05) is 12.8 Å².